The first kappa shape index (κ1) is 21.9. The van der Waals surface area contributed by atoms with Crippen molar-refractivity contribution in [3.63, 3.8) is 0 Å². The normalized spacial score (nSPS) is 21.9. The Labute approximate surface area is 163 Å². The molecule has 1 saturated heterocycles. The van der Waals surface area contributed by atoms with Crippen LogP contribution in [-0.4, -0.2) is 82.1 Å². The molecule has 0 unspecified atom stereocenters. The van der Waals surface area contributed by atoms with E-state index in [4.69, 9.17) is 0 Å². The highest BCUT2D eigenvalue weighted by atomic mass is 32.2. The predicted molar refractivity (Wildman–Crippen MR) is 108 cm³/mol. The summed E-state index contributed by atoms with van der Waals surface area (Å²) in [7, 11) is 2.24. The summed E-state index contributed by atoms with van der Waals surface area (Å²) in [6.07, 6.45) is 5.47. The average Bonchev–Trinajstić information content (AvgIpc) is 3.14. The minimum atomic E-state index is -3.11. The van der Waals surface area contributed by atoms with Gasteiger partial charge in [0.05, 0.1) is 11.2 Å². The summed E-state index contributed by atoms with van der Waals surface area (Å²) in [5, 5.41) is 6.74. The van der Waals surface area contributed by atoms with Crippen LogP contribution in [0.3, 0.4) is 0 Å². The fourth-order valence-corrected chi connectivity index (χ4v) is 5.23. The second-order valence-corrected chi connectivity index (χ2v) is 10.1. The van der Waals surface area contributed by atoms with Gasteiger partial charge < -0.3 is 15.5 Å². The van der Waals surface area contributed by atoms with Gasteiger partial charge in [-0.1, -0.05) is 12.8 Å². The van der Waals surface area contributed by atoms with Crippen molar-refractivity contribution in [3.05, 3.63) is 0 Å². The number of rotatable bonds is 6. The monoisotopic (exact) mass is 401 g/mol. The fourth-order valence-electron chi connectivity index (χ4n) is 4.09. The van der Waals surface area contributed by atoms with Crippen LogP contribution in [0.4, 0.5) is 0 Å². The summed E-state index contributed by atoms with van der Waals surface area (Å²) in [6, 6.07) is 0.184. The molecule has 2 rings (SSSR count). The van der Waals surface area contributed by atoms with Crippen LogP contribution in [0.15, 0.2) is 4.99 Å². The molecule has 1 heterocycles. The molecule has 0 aromatic heterocycles. The number of carbonyl (C=O) groups is 1. The molecule has 0 bridgehead atoms. The van der Waals surface area contributed by atoms with Gasteiger partial charge in [-0.25, -0.2) is 12.7 Å². The van der Waals surface area contributed by atoms with Crippen molar-refractivity contribution in [2.75, 3.05) is 46.5 Å². The van der Waals surface area contributed by atoms with Crippen LogP contribution >= 0.6 is 0 Å². The van der Waals surface area contributed by atoms with Gasteiger partial charge in [-0.3, -0.25) is 9.79 Å². The second-order valence-electron chi connectivity index (χ2n) is 7.83. The van der Waals surface area contributed by atoms with Crippen LogP contribution in [0.5, 0.6) is 0 Å². The predicted octanol–water partition coefficient (Wildman–Crippen LogP) is 0.614. The number of nitrogens with one attached hydrogen (secondary N) is 2. The Bertz CT molecular complexity index is 633. The third-order valence-corrected chi connectivity index (χ3v) is 7.67. The highest BCUT2D eigenvalue weighted by molar-refractivity contribution is 7.89. The zero-order chi connectivity index (χ0) is 20.1. The van der Waals surface area contributed by atoms with E-state index in [0.717, 1.165) is 38.5 Å². The van der Waals surface area contributed by atoms with Crippen LogP contribution in [0.2, 0.25) is 0 Å². The Balaban J connectivity index is 1.89. The number of amides is 1. The van der Waals surface area contributed by atoms with E-state index in [1.807, 2.05) is 14.1 Å². The van der Waals surface area contributed by atoms with Gasteiger partial charge in [0, 0.05) is 46.8 Å². The van der Waals surface area contributed by atoms with Gasteiger partial charge in [0.1, 0.15) is 0 Å². The maximum absolute atomic E-state index is 12.7. The molecule has 1 amide bonds. The molecule has 0 aromatic rings. The molecule has 1 aliphatic heterocycles. The molecule has 1 saturated carbocycles. The molecular weight excluding hydrogens is 366 g/mol. The molecular formula is C18H35N5O3S. The van der Waals surface area contributed by atoms with Gasteiger partial charge in [-0.15, -0.1) is 0 Å². The van der Waals surface area contributed by atoms with Gasteiger partial charge in [0.25, 0.3) is 0 Å². The van der Waals surface area contributed by atoms with Crippen molar-refractivity contribution >= 4 is 21.9 Å². The fraction of sp³-hybridized carbons (Fsp3) is 0.889. The number of nitrogens with zero attached hydrogens (tertiary/aromatic N) is 3. The number of piperidine rings is 1. The van der Waals surface area contributed by atoms with Gasteiger partial charge in [0.15, 0.2) is 5.96 Å². The highest BCUT2D eigenvalue weighted by Gasteiger charge is 2.42. The van der Waals surface area contributed by atoms with Gasteiger partial charge in [-0.05, 0) is 32.6 Å². The Morgan fingerprint density at radius 3 is 2.30 bits per heavy atom. The number of aliphatic imine (C=N–C) groups is 1. The minimum absolute atomic E-state index is 0.149. The van der Waals surface area contributed by atoms with Crippen LogP contribution < -0.4 is 10.6 Å². The van der Waals surface area contributed by atoms with Crippen molar-refractivity contribution in [1.82, 2.24) is 19.8 Å². The number of guanidine groups is 1. The van der Waals surface area contributed by atoms with Crippen molar-refractivity contribution in [3.8, 4) is 0 Å². The van der Waals surface area contributed by atoms with Crippen molar-refractivity contribution in [2.45, 2.75) is 51.5 Å². The van der Waals surface area contributed by atoms with Crippen molar-refractivity contribution in [2.24, 2.45) is 10.4 Å². The summed E-state index contributed by atoms with van der Waals surface area (Å²) in [6.45, 7) is 3.33. The first-order valence-electron chi connectivity index (χ1n) is 9.91. The molecule has 0 aromatic carbocycles. The van der Waals surface area contributed by atoms with E-state index in [-0.39, 0.29) is 23.1 Å². The number of sulfonamides is 1. The molecule has 156 valence electrons. The molecule has 2 fully saturated rings. The quantitative estimate of drug-likeness (QED) is 0.502. The minimum Gasteiger partial charge on any atom is -0.355 e. The zero-order valence-corrected chi connectivity index (χ0v) is 17.9. The van der Waals surface area contributed by atoms with E-state index in [9.17, 15) is 13.2 Å². The summed E-state index contributed by atoms with van der Waals surface area (Å²) < 4.78 is 25.5. The average molecular weight is 402 g/mol. The molecule has 0 spiro atoms. The van der Waals surface area contributed by atoms with Crippen molar-refractivity contribution < 1.29 is 13.2 Å². The Hall–Kier alpha value is -1.35. The van der Waals surface area contributed by atoms with Gasteiger partial charge >= 0.3 is 0 Å². The Kier molecular flexibility index (Phi) is 7.50. The lowest BCUT2D eigenvalue weighted by Crippen LogP contribution is -2.53. The number of carbonyl (C=O) groups excluding carboxylic acids is 1. The maximum atomic E-state index is 12.7. The van der Waals surface area contributed by atoms with E-state index in [2.05, 4.69) is 15.6 Å². The molecule has 0 radical (unpaired) electrons. The zero-order valence-electron chi connectivity index (χ0n) is 17.1. The molecule has 1 aliphatic carbocycles. The lowest BCUT2D eigenvalue weighted by atomic mass is 9.84. The second kappa shape index (κ2) is 9.23. The third-order valence-electron chi connectivity index (χ3n) is 5.79. The maximum Gasteiger partial charge on any atom is 0.230 e. The lowest BCUT2D eigenvalue weighted by Gasteiger charge is -2.34. The van der Waals surface area contributed by atoms with E-state index in [1.165, 1.54) is 0 Å². The molecule has 2 N–H and O–H groups in total. The lowest BCUT2D eigenvalue weighted by molar-refractivity contribution is -0.138. The van der Waals surface area contributed by atoms with Crippen LogP contribution in [0.1, 0.15) is 45.4 Å². The summed E-state index contributed by atoms with van der Waals surface area (Å²) >= 11 is 0. The Morgan fingerprint density at radius 2 is 1.81 bits per heavy atom. The van der Waals surface area contributed by atoms with Crippen LogP contribution in [0.25, 0.3) is 0 Å². The largest absolute Gasteiger partial charge is 0.355 e. The SMILES string of the molecule is CCS(=O)(=O)N1CCC(NC(=NC)NCC2(C(=O)N(C)C)CCCC2)CC1. The van der Waals surface area contributed by atoms with Crippen molar-refractivity contribution in [1.29, 1.82) is 0 Å². The first-order chi connectivity index (χ1) is 12.7. The summed E-state index contributed by atoms with van der Waals surface area (Å²) in [4.78, 5) is 18.7. The first-order valence-corrected chi connectivity index (χ1v) is 11.5. The molecule has 8 nitrogen and oxygen atoms in total. The molecule has 2 aliphatic rings. The van der Waals surface area contributed by atoms with Gasteiger partial charge in [0.2, 0.25) is 15.9 Å². The number of hydrogen-bond acceptors (Lipinski definition) is 4. The Morgan fingerprint density at radius 1 is 1.22 bits per heavy atom. The van der Waals surface area contributed by atoms with Crippen LogP contribution in [-0.2, 0) is 14.8 Å². The number of hydrogen-bond donors (Lipinski definition) is 2. The standard InChI is InChI=1S/C18H35N5O3S/c1-5-27(25,26)23-12-8-15(9-13-23)21-17(19-2)20-14-18(10-6-7-11-18)16(24)22(3)4/h15H,5-14H2,1-4H3,(H2,19,20,21). The summed E-state index contributed by atoms with van der Waals surface area (Å²) in [5.74, 6) is 1.02. The molecule has 9 heteroatoms. The van der Waals surface area contributed by atoms with E-state index < -0.39 is 10.0 Å². The molecule has 0 atom stereocenters. The van der Waals surface area contributed by atoms with E-state index in [0.29, 0.717) is 25.6 Å². The summed E-state index contributed by atoms with van der Waals surface area (Å²) in [5.41, 5.74) is -0.348. The van der Waals surface area contributed by atoms with E-state index >= 15 is 0 Å². The highest BCUT2D eigenvalue weighted by Crippen LogP contribution is 2.38. The van der Waals surface area contributed by atoms with Gasteiger partial charge in [-0.2, -0.15) is 0 Å². The third kappa shape index (κ3) is 5.34. The molecule has 27 heavy (non-hydrogen) atoms. The van der Waals surface area contributed by atoms with E-state index in [1.54, 1.807) is 23.2 Å². The smallest absolute Gasteiger partial charge is 0.230 e. The van der Waals surface area contributed by atoms with Crippen LogP contribution in [0, 0.1) is 5.41 Å². The topological polar surface area (TPSA) is 94.1 Å².